The normalized spacial score (nSPS) is 10.7. The number of phenolic OH excluding ortho intramolecular Hbond substituents is 1. The number of carbonyl (C=O) groups excluding carboxylic acids is 2. The Hall–Kier alpha value is -4.13. The van der Waals surface area contributed by atoms with Gasteiger partial charge in [-0.25, -0.2) is 15.4 Å². The standard InChI is InChI=1S/C18H22ClN11O3/c1-9(2)30(6-5-20)16-14(19)25-13(15(21)26-16)18(33)23-8-24-28-17(32)11-4-3-10(27-29-22)7-12(11)31/h3-4,7-9,31H,5-6,20H2,1-2H3,(H2,21,26)(H,28,32)(H,23,24,33). The molecule has 1 aromatic carbocycles. The maximum absolute atomic E-state index is 12.4. The topological polar surface area (TPSA) is 221 Å². The van der Waals surface area contributed by atoms with Crippen LogP contribution in [0.5, 0.6) is 5.75 Å². The summed E-state index contributed by atoms with van der Waals surface area (Å²) in [4.78, 5) is 37.0. The highest BCUT2D eigenvalue weighted by Crippen LogP contribution is 2.26. The van der Waals surface area contributed by atoms with Crippen molar-refractivity contribution in [1.29, 1.82) is 0 Å². The Morgan fingerprint density at radius 3 is 2.70 bits per heavy atom. The fraction of sp³-hybridized carbons (Fsp3) is 0.278. The predicted octanol–water partition coefficient (Wildman–Crippen LogP) is 1.64. The van der Waals surface area contributed by atoms with Crippen molar-refractivity contribution in [2.45, 2.75) is 19.9 Å². The highest BCUT2D eigenvalue weighted by Gasteiger charge is 2.21. The van der Waals surface area contributed by atoms with Crippen LogP contribution in [0, 0.1) is 0 Å². The summed E-state index contributed by atoms with van der Waals surface area (Å²) in [6.45, 7) is 4.66. The van der Waals surface area contributed by atoms with Crippen LogP contribution in [0.3, 0.4) is 0 Å². The van der Waals surface area contributed by atoms with Crippen LogP contribution in [0.1, 0.15) is 34.7 Å². The number of halogens is 1. The Morgan fingerprint density at radius 1 is 1.36 bits per heavy atom. The van der Waals surface area contributed by atoms with Gasteiger partial charge in [-0.1, -0.05) is 22.8 Å². The van der Waals surface area contributed by atoms with Gasteiger partial charge in [-0.15, -0.1) is 0 Å². The number of nitrogens with zero attached hydrogens (tertiary/aromatic N) is 7. The fourth-order valence-corrected chi connectivity index (χ4v) is 2.89. The maximum atomic E-state index is 12.4. The molecule has 2 aromatic rings. The number of rotatable bonds is 9. The molecule has 14 nitrogen and oxygen atoms in total. The number of phenols is 1. The van der Waals surface area contributed by atoms with Crippen molar-refractivity contribution in [1.82, 2.24) is 20.7 Å². The van der Waals surface area contributed by atoms with Crippen LogP contribution in [0.4, 0.5) is 17.3 Å². The largest absolute Gasteiger partial charge is 0.507 e. The first-order chi connectivity index (χ1) is 15.7. The molecule has 2 amide bonds. The van der Waals surface area contributed by atoms with Gasteiger partial charge in [0.15, 0.2) is 22.5 Å². The number of nitrogens with two attached hydrogens (primary N) is 2. The zero-order chi connectivity index (χ0) is 24.5. The molecule has 2 rings (SSSR count). The van der Waals surface area contributed by atoms with E-state index < -0.39 is 17.6 Å². The van der Waals surface area contributed by atoms with Gasteiger partial charge in [-0.3, -0.25) is 9.59 Å². The number of aromatic hydroxyl groups is 1. The van der Waals surface area contributed by atoms with Gasteiger partial charge in [0.25, 0.3) is 11.8 Å². The number of hydrogen-bond donors (Lipinski definition) is 5. The quantitative estimate of drug-likeness (QED) is 0.0892. The van der Waals surface area contributed by atoms with Crippen LogP contribution in [-0.2, 0) is 0 Å². The molecule has 0 atom stereocenters. The highest BCUT2D eigenvalue weighted by molar-refractivity contribution is 6.32. The summed E-state index contributed by atoms with van der Waals surface area (Å²) >= 11 is 6.20. The van der Waals surface area contributed by atoms with Crippen LogP contribution in [-0.4, -0.2) is 52.4 Å². The molecule has 0 saturated carbocycles. The van der Waals surface area contributed by atoms with E-state index in [1.807, 2.05) is 13.8 Å². The van der Waals surface area contributed by atoms with Gasteiger partial charge in [-0.05, 0) is 31.5 Å². The number of nitrogen functional groups attached to an aromatic ring is 1. The van der Waals surface area contributed by atoms with Crippen LogP contribution in [0.25, 0.3) is 10.4 Å². The monoisotopic (exact) mass is 475 g/mol. The molecule has 174 valence electrons. The number of hydrazone groups is 1. The number of amides is 2. The van der Waals surface area contributed by atoms with E-state index in [-0.39, 0.29) is 34.0 Å². The number of azide groups is 1. The van der Waals surface area contributed by atoms with Crippen LogP contribution in [0.15, 0.2) is 28.4 Å². The minimum atomic E-state index is -0.772. The smallest absolute Gasteiger partial charge is 0.278 e. The lowest BCUT2D eigenvalue weighted by Crippen LogP contribution is -2.37. The molecular formula is C18H22ClN11O3. The number of benzene rings is 1. The van der Waals surface area contributed by atoms with E-state index in [2.05, 4.69) is 35.8 Å². The maximum Gasteiger partial charge on any atom is 0.278 e. The lowest BCUT2D eigenvalue weighted by atomic mass is 10.2. The van der Waals surface area contributed by atoms with Gasteiger partial charge in [0.05, 0.1) is 5.56 Å². The van der Waals surface area contributed by atoms with Gasteiger partial charge in [0.2, 0.25) is 0 Å². The van der Waals surface area contributed by atoms with E-state index in [0.29, 0.717) is 18.9 Å². The van der Waals surface area contributed by atoms with E-state index in [0.717, 1.165) is 12.4 Å². The summed E-state index contributed by atoms with van der Waals surface area (Å²) in [6, 6.07) is 3.71. The summed E-state index contributed by atoms with van der Waals surface area (Å²) < 4.78 is 0. The molecular weight excluding hydrogens is 454 g/mol. The third kappa shape index (κ3) is 6.43. The predicted molar refractivity (Wildman–Crippen MR) is 123 cm³/mol. The van der Waals surface area contributed by atoms with Crippen molar-refractivity contribution in [2.75, 3.05) is 23.7 Å². The molecule has 0 spiro atoms. The van der Waals surface area contributed by atoms with Crippen LogP contribution in [0.2, 0.25) is 5.15 Å². The summed E-state index contributed by atoms with van der Waals surface area (Å²) in [5.41, 5.74) is 21.8. The molecule has 1 aromatic heterocycles. The molecule has 15 heteroatoms. The lowest BCUT2D eigenvalue weighted by Gasteiger charge is -2.28. The third-order valence-electron chi connectivity index (χ3n) is 4.16. The first-order valence-corrected chi connectivity index (χ1v) is 9.88. The average molecular weight is 476 g/mol. The minimum absolute atomic E-state index is 0.0184. The van der Waals surface area contributed by atoms with Crippen molar-refractivity contribution < 1.29 is 14.7 Å². The number of nitrogens with one attached hydrogen (secondary N) is 2. The molecule has 0 unspecified atom stereocenters. The molecule has 0 bridgehead atoms. The Morgan fingerprint density at radius 2 is 2.09 bits per heavy atom. The Kier molecular flexibility index (Phi) is 8.74. The van der Waals surface area contributed by atoms with E-state index in [9.17, 15) is 14.7 Å². The molecule has 0 aliphatic rings. The highest BCUT2D eigenvalue weighted by atomic mass is 35.5. The average Bonchev–Trinajstić information content (AvgIpc) is 2.76. The fourth-order valence-electron chi connectivity index (χ4n) is 2.65. The van der Waals surface area contributed by atoms with Crippen LogP contribution < -0.4 is 27.1 Å². The van der Waals surface area contributed by atoms with Crippen molar-refractivity contribution in [3.05, 3.63) is 45.1 Å². The van der Waals surface area contributed by atoms with Gasteiger partial charge in [-0.2, -0.15) is 5.10 Å². The minimum Gasteiger partial charge on any atom is -0.507 e. The zero-order valence-electron chi connectivity index (χ0n) is 17.7. The van der Waals surface area contributed by atoms with Gasteiger partial charge < -0.3 is 26.8 Å². The first kappa shape index (κ1) is 25.1. The van der Waals surface area contributed by atoms with Crippen LogP contribution >= 0.6 is 11.6 Å². The molecule has 0 fully saturated rings. The Labute approximate surface area is 193 Å². The molecule has 1 heterocycles. The second-order valence-electron chi connectivity index (χ2n) is 6.71. The molecule has 0 aliphatic carbocycles. The number of aromatic nitrogens is 2. The Bertz CT molecular complexity index is 1120. The second kappa shape index (κ2) is 11.5. The third-order valence-corrected chi connectivity index (χ3v) is 4.41. The van der Waals surface area contributed by atoms with Crippen molar-refractivity contribution >= 4 is 47.1 Å². The lowest BCUT2D eigenvalue weighted by molar-refractivity contribution is 0.0945. The zero-order valence-corrected chi connectivity index (χ0v) is 18.5. The van der Waals surface area contributed by atoms with Crippen molar-refractivity contribution in [3.63, 3.8) is 0 Å². The number of carbonyl (C=O) groups is 2. The Balaban J connectivity index is 2.06. The van der Waals surface area contributed by atoms with Crippen molar-refractivity contribution in [3.8, 4) is 5.75 Å². The van der Waals surface area contributed by atoms with E-state index in [1.54, 1.807) is 4.90 Å². The number of anilines is 2. The second-order valence-corrected chi connectivity index (χ2v) is 7.07. The summed E-state index contributed by atoms with van der Waals surface area (Å²) in [5.74, 6) is -1.80. The molecule has 0 aliphatic heterocycles. The SMILES string of the molecule is CC(C)N(CCN)c1nc(N)c(C(=O)N/C=N/NC(=O)c2ccc(N=[N+]=[N-])cc2O)nc1Cl. The molecule has 0 saturated heterocycles. The van der Waals surface area contributed by atoms with Gasteiger partial charge >= 0.3 is 0 Å². The molecule has 7 N–H and O–H groups in total. The summed E-state index contributed by atoms with van der Waals surface area (Å²) in [7, 11) is 0. The number of hydrogen-bond acceptors (Lipinski definition) is 10. The van der Waals surface area contributed by atoms with Crippen molar-refractivity contribution in [2.24, 2.45) is 15.9 Å². The van der Waals surface area contributed by atoms with E-state index >= 15 is 0 Å². The van der Waals surface area contributed by atoms with E-state index in [4.69, 9.17) is 28.6 Å². The summed E-state index contributed by atoms with van der Waals surface area (Å²) in [5, 5.41) is 19.0. The summed E-state index contributed by atoms with van der Waals surface area (Å²) in [6.07, 6.45) is 0.892. The molecule has 0 radical (unpaired) electrons. The van der Waals surface area contributed by atoms with Gasteiger partial charge in [0.1, 0.15) is 12.1 Å². The first-order valence-electron chi connectivity index (χ1n) is 9.50. The molecule has 33 heavy (non-hydrogen) atoms. The van der Waals surface area contributed by atoms with E-state index in [1.165, 1.54) is 12.1 Å². The van der Waals surface area contributed by atoms with Gasteiger partial charge in [0, 0.05) is 29.7 Å².